The van der Waals surface area contributed by atoms with E-state index in [2.05, 4.69) is 21.2 Å². The number of anilines is 2. The predicted octanol–water partition coefficient (Wildman–Crippen LogP) is 4.57. The molecule has 0 aliphatic carbocycles. The van der Waals surface area contributed by atoms with Gasteiger partial charge in [0.2, 0.25) is 0 Å². The van der Waals surface area contributed by atoms with Gasteiger partial charge in [0, 0.05) is 23.2 Å². The minimum absolute atomic E-state index is 0.0962. The van der Waals surface area contributed by atoms with Crippen molar-refractivity contribution in [2.45, 2.75) is 26.5 Å². The molecule has 0 bridgehead atoms. The molecule has 0 aliphatic heterocycles. The van der Waals surface area contributed by atoms with Crippen molar-refractivity contribution in [1.29, 1.82) is 0 Å². The third-order valence-corrected chi connectivity index (χ3v) is 3.33. The summed E-state index contributed by atoms with van der Waals surface area (Å²) in [5, 5.41) is 3.20. The van der Waals surface area contributed by atoms with Crippen molar-refractivity contribution in [3.8, 4) is 5.75 Å². The number of hydrogen-bond acceptors (Lipinski definition) is 3. The first-order valence-corrected chi connectivity index (χ1v) is 7.49. The highest BCUT2D eigenvalue weighted by atomic mass is 79.9. The molecule has 0 aromatic heterocycles. The first kappa shape index (κ1) is 15.6. The monoisotopic (exact) mass is 352 g/mol. The lowest BCUT2D eigenvalue weighted by atomic mass is 10.2. The molecule has 0 aliphatic rings. The number of ether oxygens (including phenoxy) is 1. The van der Waals surface area contributed by atoms with Crippen LogP contribution in [0.1, 0.15) is 19.4 Å². The molecule has 2 rings (SSSR count). The molecule has 2 aromatic rings. The van der Waals surface area contributed by atoms with Crippen LogP contribution in [0.5, 0.6) is 5.75 Å². The topological polar surface area (TPSA) is 47.3 Å². The Morgan fingerprint density at radius 3 is 2.71 bits per heavy atom. The lowest BCUT2D eigenvalue weighted by Gasteiger charge is -2.15. The van der Waals surface area contributed by atoms with E-state index in [1.807, 2.05) is 38.1 Å². The maximum Gasteiger partial charge on any atom is 0.167 e. The van der Waals surface area contributed by atoms with Crippen LogP contribution in [-0.4, -0.2) is 6.10 Å². The Kier molecular flexibility index (Phi) is 5.07. The maximum atomic E-state index is 13.8. The fraction of sp³-hybridized carbons (Fsp3) is 0.250. The van der Waals surface area contributed by atoms with Gasteiger partial charge in [-0.05, 0) is 31.5 Å². The van der Waals surface area contributed by atoms with Crippen LogP contribution >= 0.6 is 15.9 Å². The number of hydrogen-bond donors (Lipinski definition) is 2. The van der Waals surface area contributed by atoms with Crippen molar-refractivity contribution >= 4 is 27.3 Å². The zero-order valence-corrected chi connectivity index (χ0v) is 13.6. The van der Waals surface area contributed by atoms with Crippen LogP contribution in [0.4, 0.5) is 15.8 Å². The minimum Gasteiger partial charge on any atom is -0.488 e. The second-order valence-electron chi connectivity index (χ2n) is 5.02. The van der Waals surface area contributed by atoms with E-state index in [0.717, 1.165) is 10.0 Å². The highest BCUT2D eigenvalue weighted by molar-refractivity contribution is 9.10. The molecular weight excluding hydrogens is 335 g/mol. The highest BCUT2D eigenvalue weighted by Gasteiger charge is 2.10. The SMILES string of the molecule is CC(C)Oc1cc(NCc2cccc(Br)c2)c(N)cc1F. The van der Waals surface area contributed by atoms with Gasteiger partial charge in [0.05, 0.1) is 17.5 Å². The summed E-state index contributed by atoms with van der Waals surface area (Å²) in [6.45, 7) is 4.30. The normalized spacial score (nSPS) is 10.7. The van der Waals surface area contributed by atoms with Crippen LogP contribution in [0, 0.1) is 5.82 Å². The van der Waals surface area contributed by atoms with E-state index < -0.39 is 5.82 Å². The second kappa shape index (κ2) is 6.80. The van der Waals surface area contributed by atoms with Gasteiger partial charge in [0.1, 0.15) is 0 Å². The summed E-state index contributed by atoms with van der Waals surface area (Å²) in [5.41, 5.74) is 7.96. The average molecular weight is 353 g/mol. The van der Waals surface area contributed by atoms with Crippen LogP contribution in [0.3, 0.4) is 0 Å². The molecule has 5 heteroatoms. The Morgan fingerprint density at radius 2 is 2.05 bits per heavy atom. The molecule has 0 spiro atoms. The van der Waals surface area contributed by atoms with E-state index in [1.165, 1.54) is 6.07 Å². The minimum atomic E-state index is -0.450. The van der Waals surface area contributed by atoms with Gasteiger partial charge < -0.3 is 15.8 Å². The van der Waals surface area contributed by atoms with E-state index in [9.17, 15) is 4.39 Å². The van der Waals surface area contributed by atoms with Crippen LogP contribution in [0.25, 0.3) is 0 Å². The number of nitrogens with one attached hydrogen (secondary N) is 1. The standard InChI is InChI=1S/C16H18BrFN2O/c1-10(2)21-16-8-15(14(19)7-13(16)18)20-9-11-4-3-5-12(17)6-11/h3-8,10,20H,9,19H2,1-2H3. The van der Waals surface area contributed by atoms with Gasteiger partial charge in [-0.2, -0.15) is 0 Å². The Hall–Kier alpha value is -1.75. The molecular formula is C16H18BrFN2O. The molecule has 0 saturated carbocycles. The van der Waals surface area contributed by atoms with Crippen LogP contribution < -0.4 is 15.8 Å². The Morgan fingerprint density at radius 1 is 1.29 bits per heavy atom. The molecule has 2 aromatic carbocycles. The van der Waals surface area contributed by atoms with E-state index in [-0.39, 0.29) is 11.9 Å². The summed E-state index contributed by atoms with van der Waals surface area (Å²) in [4.78, 5) is 0. The quantitative estimate of drug-likeness (QED) is 0.774. The molecule has 3 nitrogen and oxygen atoms in total. The molecule has 0 amide bonds. The lowest BCUT2D eigenvalue weighted by Crippen LogP contribution is -2.09. The van der Waals surface area contributed by atoms with Crippen LogP contribution in [-0.2, 0) is 6.54 Å². The maximum absolute atomic E-state index is 13.8. The van der Waals surface area contributed by atoms with Crippen LogP contribution in [0.15, 0.2) is 40.9 Å². The van der Waals surface area contributed by atoms with Crippen molar-refractivity contribution < 1.29 is 9.13 Å². The molecule has 112 valence electrons. The first-order chi connectivity index (χ1) is 9.95. The molecule has 0 radical (unpaired) electrons. The number of nitrogen functional groups attached to an aromatic ring is 1. The largest absolute Gasteiger partial charge is 0.488 e. The third kappa shape index (κ3) is 4.36. The molecule has 0 fully saturated rings. The summed E-state index contributed by atoms with van der Waals surface area (Å²) in [6, 6.07) is 10.8. The molecule has 0 unspecified atom stereocenters. The summed E-state index contributed by atoms with van der Waals surface area (Å²) in [6.07, 6.45) is -0.0962. The summed E-state index contributed by atoms with van der Waals surface area (Å²) in [7, 11) is 0. The molecule has 0 heterocycles. The summed E-state index contributed by atoms with van der Waals surface area (Å²) >= 11 is 3.43. The van der Waals surface area contributed by atoms with Gasteiger partial charge in [-0.3, -0.25) is 0 Å². The van der Waals surface area contributed by atoms with E-state index in [0.29, 0.717) is 17.9 Å². The average Bonchev–Trinajstić information content (AvgIpc) is 2.40. The second-order valence-corrected chi connectivity index (χ2v) is 5.94. The highest BCUT2D eigenvalue weighted by Crippen LogP contribution is 2.29. The van der Waals surface area contributed by atoms with Gasteiger partial charge in [-0.15, -0.1) is 0 Å². The molecule has 3 N–H and O–H groups in total. The van der Waals surface area contributed by atoms with E-state index in [4.69, 9.17) is 10.5 Å². The smallest absolute Gasteiger partial charge is 0.167 e. The van der Waals surface area contributed by atoms with Gasteiger partial charge in [-0.1, -0.05) is 28.1 Å². The van der Waals surface area contributed by atoms with E-state index in [1.54, 1.807) is 6.07 Å². The van der Waals surface area contributed by atoms with Crippen molar-refractivity contribution in [3.05, 3.63) is 52.3 Å². The fourth-order valence-corrected chi connectivity index (χ4v) is 2.36. The fourth-order valence-electron chi connectivity index (χ4n) is 1.91. The Labute approximate surface area is 132 Å². The van der Waals surface area contributed by atoms with Gasteiger partial charge in [0.15, 0.2) is 11.6 Å². The Balaban J connectivity index is 2.15. The third-order valence-electron chi connectivity index (χ3n) is 2.84. The molecule has 0 atom stereocenters. The zero-order valence-electron chi connectivity index (χ0n) is 12.0. The summed E-state index contributed by atoms with van der Waals surface area (Å²) in [5.74, 6) is -0.245. The molecule has 21 heavy (non-hydrogen) atoms. The van der Waals surface area contributed by atoms with Crippen molar-refractivity contribution in [2.75, 3.05) is 11.1 Å². The van der Waals surface area contributed by atoms with Gasteiger partial charge in [-0.25, -0.2) is 4.39 Å². The van der Waals surface area contributed by atoms with Crippen molar-refractivity contribution in [1.82, 2.24) is 0 Å². The van der Waals surface area contributed by atoms with Gasteiger partial charge >= 0.3 is 0 Å². The van der Waals surface area contributed by atoms with Crippen molar-refractivity contribution in [3.63, 3.8) is 0 Å². The summed E-state index contributed by atoms with van der Waals surface area (Å²) < 4.78 is 20.2. The van der Waals surface area contributed by atoms with Crippen molar-refractivity contribution in [2.24, 2.45) is 0 Å². The number of rotatable bonds is 5. The Bertz CT molecular complexity index is 632. The predicted molar refractivity (Wildman–Crippen MR) is 88.0 cm³/mol. The lowest BCUT2D eigenvalue weighted by molar-refractivity contribution is 0.231. The zero-order chi connectivity index (χ0) is 15.4. The van der Waals surface area contributed by atoms with Gasteiger partial charge in [0.25, 0.3) is 0 Å². The number of halogens is 2. The number of benzene rings is 2. The van der Waals surface area contributed by atoms with E-state index >= 15 is 0 Å². The van der Waals surface area contributed by atoms with Crippen LogP contribution in [0.2, 0.25) is 0 Å². The number of nitrogens with two attached hydrogens (primary N) is 1. The first-order valence-electron chi connectivity index (χ1n) is 6.69. The molecule has 0 saturated heterocycles.